The SMILES string of the molecule is Cc1ccc(C(=O)c2ccc(CC(=O)O[C@@H]3O[C@H](CO)[C@@H](O)[C@H](O)[C@H]3O)n2C)cc1. The molecule has 0 aliphatic carbocycles. The lowest BCUT2D eigenvalue weighted by Gasteiger charge is -2.39. The highest BCUT2D eigenvalue weighted by Gasteiger charge is 2.45. The molecule has 1 aliphatic rings. The Morgan fingerprint density at radius 2 is 1.70 bits per heavy atom. The van der Waals surface area contributed by atoms with Crippen LogP contribution in [0.1, 0.15) is 27.3 Å². The summed E-state index contributed by atoms with van der Waals surface area (Å²) in [5, 5.41) is 38.7. The molecule has 1 fully saturated rings. The van der Waals surface area contributed by atoms with E-state index in [1.165, 1.54) is 0 Å². The molecule has 0 unspecified atom stereocenters. The maximum atomic E-state index is 12.7. The molecule has 1 saturated heterocycles. The summed E-state index contributed by atoms with van der Waals surface area (Å²) in [6.07, 6.45) is -7.77. The molecule has 0 spiro atoms. The minimum atomic E-state index is -1.67. The number of aliphatic hydroxyl groups is 4. The minimum Gasteiger partial charge on any atom is -0.432 e. The molecular formula is C21H25NO8. The molecular weight excluding hydrogens is 394 g/mol. The average Bonchev–Trinajstić information content (AvgIpc) is 3.08. The number of rotatable bonds is 6. The van der Waals surface area contributed by atoms with E-state index in [0.29, 0.717) is 17.0 Å². The quantitative estimate of drug-likeness (QED) is 0.361. The lowest BCUT2D eigenvalue weighted by Crippen LogP contribution is -2.59. The second-order valence-electron chi connectivity index (χ2n) is 7.33. The molecule has 0 amide bonds. The van der Waals surface area contributed by atoms with Crippen LogP contribution in [0.2, 0.25) is 0 Å². The van der Waals surface area contributed by atoms with Gasteiger partial charge in [-0.25, -0.2) is 0 Å². The molecule has 1 aromatic heterocycles. The van der Waals surface area contributed by atoms with Crippen molar-refractivity contribution in [1.82, 2.24) is 4.57 Å². The van der Waals surface area contributed by atoms with Gasteiger partial charge in [-0.1, -0.05) is 29.8 Å². The van der Waals surface area contributed by atoms with Crippen molar-refractivity contribution < 1.29 is 39.5 Å². The van der Waals surface area contributed by atoms with E-state index in [-0.39, 0.29) is 12.2 Å². The number of hydrogen-bond acceptors (Lipinski definition) is 8. The lowest BCUT2D eigenvalue weighted by atomic mass is 9.99. The smallest absolute Gasteiger partial charge is 0.314 e. The van der Waals surface area contributed by atoms with Gasteiger partial charge in [0.1, 0.15) is 24.4 Å². The maximum Gasteiger partial charge on any atom is 0.314 e. The molecule has 3 rings (SSSR count). The highest BCUT2D eigenvalue weighted by molar-refractivity contribution is 6.08. The number of carbonyl (C=O) groups excluding carboxylic acids is 2. The number of ketones is 1. The zero-order valence-electron chi connectivity index (χ0n) is 16.6. The van der Waals surface area contributed by atoms with Crippen LogP contribution in [0.4, 0.5) is 0 Å². The first kappa shape index (κ1) is 22.1. The van der Waals surface area contributed by atoms with Crippen molar-refractivity contribution >= 4 is 11.8 Å². The van der Waals surface area contributed by atoms with Gasteiger partial charge in [0.25, 0.3) is 0 Å². The predicted octanol–water partition coefficient (Wildman–Crippen LogP) is -0.550. The molecule has 2 heterocycles. The summed E-state index contributed by atoms with van der Waals surface area (Å²) in [7, 11) is 1.65. The Bertz CT molecular complexity index is 904. The number of nitrogens with zero attached hydrogens (tertiary/aromatic N) is 1. The Hall–Kier alpha value is -2.56. The molecule has 0 saturated carbocycles. The van der Waals surface area contributed by atoms with Crippen LogP contribution in [0.3, 0.4) is 0 Å². The zero-order valence-corrected chi connectivity index (χ0v) is 16.6. The number of hydrogen-bond donors (Lipinski definition) is 4. The van der Waals surface area contributed by atoms with Gasteiger partial charge in [0.05, 0.1) is 18.7 Å². The Labute approximate surface area is 173 Å². The van der Waals surface area contributed by atoms with E-state index in [1.54, 1.807) is 35.9 Å². The normalized spacial score (nSPS) is 26.4. The van der Waals surface area contributed by atoms with Crippen molar-refractivity contribution in [3.8, 4) is 0 Å². The Balaban J connectivity index is 1.67. The van der Waals surface area contributed by atoms with Crippen LogP contribution in [-0.2, 0) is 27.7 Å². The molecule has 0 bridgehead atoms. The summed E-state index contributed by atoms with van der Waals surface area (Å²) in [5.41, 5.74) is 2.46. The predicted molar refractivity (Wildman–Crippen MR) is 104 cm³/mol. The molecule has 0 radical (unpaired) electrons. The monoisotopic (exact) mass is 419 g/mol. The summed E-state index contributed by atoms with van der Waals surface area (Å²) in [6.45, 7) is 1.30. The van der Waals surface area contributed by atoms with Gasteiger partial charge in [-0.05, 0) is 19.1 Å². The van der Waals surface area contributed by atoms with E-state index >= 15 is 0 Å². The number of aryl methyl sites for hydroxylation is 1. The highest BCUT2D eigenvalue weighted by Crippen LogP contribution is 2.23. The molecule has 9 nitrogen and oxygen atoms in total. The van der Waals surface area contributed by atoms with Crippen molar-refractivity contribution in [3.05, 3.63) is 58.9 Å². The molecule has 5 atom stereocenters. The van der Waals surface area contributed by atoms with Crippen LogP contribution >= 0.6 is 0 Å². The molecule has 2 aromatic rings. The average molecular weight is 419 g/mol. The summed E-state index contributed by atoms with van der Waals surface area (Å²) in [6, 6.07) is 10.4. The van der Waals surface area contributed by atoms with Gasteiger partial charge in [-0.3, -0.25) is 9.59 Å². The summed E-state index contributed by atoms with van der Waals surface area (Å²) in [4.78, 5) is 25.0. The molecule has 1 aliphatic heterocycles. The first-order valence-electron chi connectivity index (χ1n) is 9.49. The van der Waals surface area contributed by atoms with Crippen LogP contribution in [0.25, 0.3) is 0 Å². The third-order valence-corrected chi connectivity index (χ3v) is 5.19. The van der Waals surface area contributed by atoms with Crippen molar-refractivity contribution in [2.75, 3.05) is 6.61 Å². The number of benzene rings is 1. The second kappa shape index (κ2) is 9.07. The lowest BCUT2D eigenvalue weighted by molar-refractivity contribution is -0.292. The third-order valence-electron chi connectivity index (χ3n) is 5.19. The summed E-state index contributed by atoms with van der Waals surface area (Å²) >= 11 is 0. The molecule has 162 valence electrons. The van der Waals surface area contributed by atoms with Crippen LogP contribution in [0.5, 0.6) is 0 Å². The minimum absolute atomic E-state index is 0.189. The number of aromatic nitrogens is 1. The fourth-order valence-electron chi connectivity index (χ4n) is 3.30. The van der Waals surface area contributed by atoms with E-state index in [2.05, 4.69) is 0 Å². The van der Waals surface area contributed by atoms with Crippen LogP contribution in [0.15, 0.2) is 36.4 Å². The van der Waals surface area contributed by atoms with Gasteiger partial charge < -0.3 is 34.5 Å². The Morgan fingerprint density at radius 3 is 2.33 bits per heavy atom. The largest absolute Gasteiger partial charge is 0.432 e. The molecule has 4 N–H and O–H groups in total. The van der Waals surface area contributed by atoms with Crippen LogP contribution in [0, 0.1) is 6.92 Å². The standard InChI is InChI=1S/C21H25NO8/c1-11-3-5-12(6-4-11)17(25)14-8-7-13(22(14)2)9-16(24)30-21-20(28)19(27)18(26)15(10-23)29-21/h3-8,15,18-21,23,26-28H,9-10H2,1-2H3/t15-,18-,19+,20-,21+/m1/s1. The van der Waals surface area contributed by atoms with Gasteiger partial charge in [0, 0.05) is 18.3 Å². The number of carbonyl (C=O) groups is 2. The second-order valence-corrected chi connectivity index (χ2v) is 7.33. The van der Waals surface area contributed by atoms with Gasteiger partial charge in [-0.15, -0.1) is 0 Å². The van der Waals surface area contributed by atoms with Crippen molar-refractivity contribution in [2.24, 2.45) is 7.05 Å². The maximum absolute atomic E-state index is 12.7. The molecule has 30 heavy (non-hydrogen) atoms. The van der Waals surface area contributed by atoms with Gasteiger partial charge in [0.2, 0.25) is 12.1 Å². The van der Waals surface area contributed by atoms with E-state index in [9.17, 15) is 30.0 Å². The summed E-state index contributed by atoms with van der Waals surface area (Å²) < 4.78 is 11.8. The van der Waals surface area contributed by atoms with Gasteiger partial charge >= 0.3 is 5.97 Å². The number of aliphatic hydroxyl groups excluding tert-OH is 4. The van der Waals surface area contributed by atoms with Crippen molar-refractivity contribution in [3.63, 3.8) is 0 Å². The van der Waals surface area contributed by atoms with Crippen molar-refractivity contribution in [2.45, 2.75) is 44.1 Å². The Kier molecular flexibility index (Phi) is 6.69. The van der Waals surface area contributed by atoms with Gasteiger partial charge in [-0.2, -0.15) is 0 Å². The zero-order chi connectivity index (χ0) is 22.0. The van der Waals surface area contributed by atoms with E-state index in [0.717, 1.165) is 5.56 Å². The number of esters is 1. The van der Waals surface area contributed by atoms with Crippen molar-refractivity contribution in [1.29, 1.82) is 0 Å². The fraction of sp³-hybridized carbons (Fsp3) is 0.429. The first-order valence-corrected chi connectivity index (χ1v) is 9.49. The van der Waals surface area contributed by atoms with E-state index in [4.69, 9.17) is 9.47 Å². The number of ether oxygens (including phenoxy) is 2. The molecule has 9 heteroatoms. The topological polar surface area (TPSA) is 138 Å². The van der Waals surface area contributed by atoms with Crippen LogP contribution in [-0.4, -0.2) is 74.1 Å². The Morgan fingerprint density at radius 1 is 1.03 bits per heavy atom. The van der Waals surface area contributed by atoms with E-state index < -0.39 is 43.3 Å². The summed E-state index contributed by atoms with van der Waals surface area (Å²) in [5.74, 6) is -0.957. The fourth-order valence-corrected chi connectivity index (χ4v) is 3.30. The molecule has 1 aromatic carbocycles. The van der Waals surface area contributed by atoms with E-state index in [1.807, 2.05) is 19.1 Å². The third kappa shape index (κ3) is 4.45. The highest BCUT2D eigenvalue weighted by atomic mass is 16.7. The van der Waals surface area contributed by atoms with Crippen LogP contribution < -0.4 is 0 Å². The van der Waals surface area contributed by atoms with Gasteiger partial charge in [0.15, 0.2) is 0 Å². The first-order chi connectivity index (χ1) is 14.2.